The number of benzene rings is 2. The van der Waals surface area contributed by atoms with Crippen molar-refractivity contribution in [3.05, 3.63) is 66.2 Å². The lowest BCUT2D eigenvalue weighted by Gasteiger charge is -2.27. The van der Waals surface area contributed by atoms with Crippen molar-refractivity contribution in [3.63, 3.8) is 0 Å². The second kappa shape index (κ2) is 9.89. The van der Waals surface area contributed by atoms with Crippen LogP contribution in [-0.2, 0) is 11.0 Å². The summed E-state index contributed by atoms with van der Waals surface area (Å²) in [6, 6.07) is 15.4. The van der Waals surface area contributed by atoms with Crippen LogP contribution in [0.25, 0.3) is 11.3 Å². The highest BCUT2D eigenvalue weighted by Gasteiger charge is 2.30. The number of halogens is 3. The van der Waals surface area contributed by atoms with E-state index < -0.39 is 24.3 Å². The average Bonchev–Trinajstić information content (AvgIpc) is 2.83. The van der Waals surface area contributed by atoms with Crippen LogP contribution in [0.4, 0.5) is 24.7 Å². The van der Waals surface area contributed by atoms with E-state index in [1.54, 1.807) is 18.2 Å². The summed E-state index contributed by atoms with van der Waals surface area (Å²) in [6.45, 7) is 1.55. The van der Waals surface area contributed by atoms with Gasteiger partial charge in [0.2, 0.25) is 0 Å². The van der Waals surface area contributed by atoms with Crippen molar-refractivity contribution in [2.45, 2.75) is 25.4 Å². The van der Waals surface area contributed by atoms with Crippen LogP contribution in [0, 0.1) is 0 Å². The van der Waals surface area contributed by atoms with Crippen LogP contribution in [0.1, 0.15) is 24.8 Å². The van der Waals surface area contributed by atoms with E-state index in [4.69, 9.17) is 4.74 Å². The zero-order chi connectivity index (χ0) is 23.3. The fourth-order valence-electron chi connectivity index (χ4n) is 3.64. The predicted octanol–water partition coefficient (Wildman–Crippen LogP) is 5.17. The highest BCUT2D eigenvalue weighted by atomic mass is 19.4. The molecule has 9 heteroatoms. The minimum Gasteiger partial charge on any atom is -0.484 e. The first-order chi connectivity index (χ1) is 15.9. The molecular weight excluding hydrogens is 433 g/mol. The Labute approximate surface area is 189 Å². The topological polar surface area (TPSA) is 67.3 Å². The Morgan fingerprint density at radius 3 is 2.48 bits per heavy atom. The Bertz CT molecular complexity index is 1100. The van der Waals surface area contributed by atoms with Crippen LogP contribution < -0.4 is 15.0 Å². The van der Waals surface area contributed by atoms with E-state index in [9.17, 15) is 18.0 Å². The first-order valence-electron chi connectivity index (χ1n) is 10.7. The first kappa shape index (κ1) is 22.6. The molecule has 2 aromatic carbocycles. The summed E-state index contributed by atoms with van der Waals surface area (Å²) in [5.74, 6) is 0.337. The van der Waals surface area contributed by atoms with Gasteiger partial charge in [0, 0.05) is 24.3 Å². The van der Waals surface area contributed by atoms with Crippen molar-refractivity contribution >= 4 is 17.4 Å². The van der Waals surface area contributed by atoms with E-state index in [0.717, 1.165) is 49.4 Å². The van der Waals surface area contributed by atoms with Crippen molar-refractivity contribution in [3.8, 4) is 17.0 Å². The molecule has 0 atom stereocenters. The number of anilines is 2. The largest absolute Gasteiger partial charge is 0.484 e. The number of ether oxygens (including phenoxy) is 1. The molecule has 0 spiro atoms. The second-order valence-electron chi connectivity index (χ2n) is 7.77. The van der Waals surface area contributed by atoms with Crippen LogP contribution in [-0.4, -0.2) is 35.8 Å². The number of rotatable bonds is 6. The molecule has 4 rings (SSSR count). The summed E-state index contributed by atoms with van der Waals surface area (Å²) < 4.78 is 43.6. The third-order valence-corrected chi connectivity index (χ3v) is 5.30. The van der Waals surface area contributed by atoms with Gasteiger partial charge in [-0.1, -0.05) is 18.2 Å². The van der Waals surface area contributed by atoms with Crippen molar-refractivity contribution in [2.75, 3.05) is 29.9 Å². The number of hydrogen-bond donors (Lipinski definition) is 1. The van der Waals surface area contributed by atoms with Crippen molar-refractivity contribution < 1.29 is 22.7 Å². The molecule has 1 saturated heterocycles. The van der Waals surface area contributed by atoms with Gasteiger partial charge in [0.25, 0.3) is 5.91 Å². The molecule has 0 aliphatic carbocycles. The van der Waals surface area contributed by atoms with Crippen molar-refractivity contribution in [1.29, 1.82) is 0 Å². The van der Waals surface area contributed by atoms with E-state index in [-0.39, 0.29) is 5.75 Å². The molecule has 2 heterocycles. The lowest BCUT2D eigenvalue weighted by atomic mass is 10.1. The molecule has 33 heavy (non-hydrogen) atoms. The summed E-state index contributed by atoms with van der Waals surface area (Å²) in [4.78, 5) is 14.5. The normalized spacial score (nSPS) is 14.1. The minimum atomic E-state index is -4.48. The van der Waals surface area contributed by atoms with Gasteiger partial charge in [0.05, 0.1) is 11.3 Å². The van der Waals surface area contributed by atoms with E-state index in [2.05, 4.69) is 20.4 Å². The highest BCUT2D eigenvalue weighted by Crippen LogP contribution is 2.31. The fourth-order valence-corrected chi connectivity index (χ4v) is 3.64. The SMILES string of the molecule is O=C(COc1cccc(C(F)(F)F)c1)Nc1cccc(-c2ccc(N3CCCCC3)nn2)c1. The van der Waals surface area contributed by atoms with Gasteiger partial charge in [-0.15, -0.1) is 10.2 Å². The molecule has 6 nitrogen and oxygen atoms in total. The number of aromatic nitrogens is 2. The number of alkyl halides is 3. The van der Waals surface area contributed by atoms with Crippen LogP contribution in [0.3, 0.4) is 0 Å². The zero-order valence-electron chi connectivity index (χ0n) is 17.8. The summed E-state index contributed by atoms with van der Waals surface area (Å²) in [5, 5.41) is 11.4. The summed E-state index contributed by atoms with van der Waals surface area (Å²) in [6.07, 6.45) is -0.923. The summed E-state index contributed by atoms with van der Waals surface area (Å²) >= 11 is 0. The number of carbonyl (C=O) groups excluding carboxylic acids is 1. The van der Waals surface area contributed by atoms with E-state index in [0.29, 0.717) is 11.4 Å². The van der Waals surface area contributed by atoms with E-state index in [1.807, 2.05) is 18.2 Å². The second-order valence-corrected chi connectivity index (χ2v) is 7.77. The average molecular weight is 456 g/mol. The third kappa shape index (κ3) is 6.00. The lowest BCUT2D eigenvalue weighted by Crippen LogP contribution is -2.30. The minimum absolute atomic E-state index is 0.0298. The molecule has 3 aromatic rings. The predicted molar refractivity (Wildman–Crippen MR) is 119 cm³/mol. The van der Waals surface area contributed by atoms with Gasteiger partial charge in [-0.05, 0) is 61.7 Å². The molecule has 0 unspecified atom stereocenters. The smallest absolute Gasteiger partial charge is 0.416 e. The van der Waals surface area contributed by atoms with Gasteiger partial charge in [0.1, 0.15) is 5.75 Å². The van der Waals surface area contributed by atoms with Crippen LogP contribution in [0.15, 0.2) is 60.7 Å². The van der Waals surface area contributed by atoms with Gasteiger partial charge >= 0.3 is 6.18 Å². The molecule has 1 aliphatic heterocycles. The summed E-state index contributed by atoms with van der Waals surface area (Å²) in [7, 11) is 0. The van der Waals surface area contributed by atoms with E-state index in [1.165, 1.54) is 18.6 Å². The first-order valence-corrected chi connectivity index (χ1v) is 10.7. The molecular formula is C24H23F3N4O2. The Hall–Kier alpha value is -3.62. The Morgan fingerprint density at radius 2 is 1.76 bits per heavy atom. The molecule has 1 aliphatic rings. The zero-order valence-corrected chi connectivity index (χ0v) is 17.8. The number of nitrogens with zero attached hydrogens (tertiary/aromatic N) is 3. The standard InChI is InChI=1S/C24H23F3N4O2/c25-24(26,27)18-7-5-9-20(15-18)33-16-23(32)28-19-8-4-6-17(14-19)21-10-11-22(30-29-21)31-12-2-1-3-13-31/h4-11,14-15H,1-3,12-13,16H2,(H,28,32). The number of nitrogens with one attached hydrogen (secondary N) is 1. The number of carbonyl (C=O) groups is 1. The van der Waals surface area contributed by atoms with Gasteiger partial charge in [-0.3, -0.25) is 4.79 Å². The van der Waals surface area contributed by atoms with Gasteiger partial charge in [-0.2, -0.15) is 13.2 Å². The van der Waals surface area contributed by atoms with Crippen LogP contribution >= 0.6 is 0 Å². The fraction of sp³-hybridized carbons (Fsp3) is 0.292. The van der Waals surface area contributed by atoms with Crippen LogP contribution in [0.2, 0.25) is 0 Å². The Morgan fingerprint density at radius 1 is 0.970 bits per heavy atom. The maximum atomic E-state index is 12.8. The monoisotopic (exact) mass is 456 g/mol. The van der Waals surface area contributed by atoms with Crippen molar-refractivity contribution in [1.82, 2.24) is 10.2 Å². The summed E-state index contributed by atoms with van der Waals surface area (Å²) in [5.41, 5.74) is 1.14. The van der Waals surface area contributed by atoms with Gasteiger partial charge in [0.15, 0.2) is 12.4 Å². The highest BCUT2D eigenvalue weighted by molar-refractivity contribution is 5.92. The molecule has 0 bridgehead atoms. The number of piperidine rings is 1. The molecule has 172 valence electrons. The third-order valence-electron chi connectivity index (χ3n) is 5.30. The Balaban J connectivity index is 1.36. The van der Waals surface area contributed by atoms with Gasteiger partial charge < -0.3 is 15.0 Å². The maximum absolute atomic E-state index is 12.8. The van der Waals surface area contributed by atoms with Crippen LogP contribution in [0.5, 0.6) is 5.75 Å². The molecule has 1 aromatic heterocycles. The maximum Gasteiger partial charge on any atom is 0.416 e. The molecule has 1 fully saturated rings. The molecule has 0 saturated carbocycles. The van der Waals surface area contributed by atoms with Crippen molar-refractivity contribution in [2.24, 2.45) is 0 Å². The number of hydrogen-bond acceptors (Lipinski definition) is 5. The molecule has 1 amide bonds. The number of amides is 1. The lowest BCUT2D eigenvalue weighted by molar-refractivity contribution is -0.137. The molecule has 1 N–H and O–H groups in total. The Kier molecular flexibility index (Phi) is 6.76. The molecule has 0 radical (unpaired) electrons. The quantitative estimate of drug-likeness (QED) is 0.554. The van der Waals surface area contributed by atoms with E-state index >= 15 is 0 Å². The van der Waals surface area contributed by atoms with Gasteiger partial charge in [-0.25, -0.2) is 0 Å².